The molecule has 0 aliphatic carbocycles. The van der Waals surface area contributed by atoms with Crippen LogP contribution in [0.15, 0.2) is 45.3 Å². The van der Waals surface area contributed by atoms with Crippen molar-refractivity contribution in [2.45, 2.75) is 32.7 Å². The lowest BCUT2D eigenvalue weighted by molar-refractivity contribution is 0.506. The number of halogens is 1. The summed E-state index contributed by atoms with van der Waals surface area (Å²) in [7, 11) is 0. The fourth-order valence-corrected chi connectivity index (χ4v) is 2.62. The molecule has 0 bridgehead atoms. The van der Waals surface area contributed by atoms with Crippen LogP contribution in [0.25, 0.3) is 0 Å². The van der Waals surface area contributed by atoms with Crippen LogP contribution in [0.1, 0.15) is 24.5 Å². The summed E-state index contributed by atoms with van der Waals surface area (Å²) in [5.74, 6) is 1.86. The van der Waals surface area contributed by atoms with Gasteiger partial charge in [-0.3, -0.25) is 4.99 Å². The number of guanidine groups is 1. The minimum absolute atomic E-state index is 0. The molecule has 122 valence electrons. The zero-order valence-corrected chi connectivity index (χ0v) is 16.2. The lowest BCUT2D eigenvalue weighted by Crippen LogP contribution is -2.42. The van der Waals surface area contributed by atoms with Gasteiger partial charge in [0, 0.05) is 36.9 Å². The van der Waals surface area contributed by atoms with E-state index in [1.54, 1.807) is 17.6 Å². The Hall–Kier alpha value is -1.02. The largest absolute Gasteiger partial charge is 0.469 e. The number of hydrogen-bond acceptors (Lipinski definition) is 3. The molecule has 0 unspecified atom stereocenters. The van der Waals surface area contributed by atoms with E-state index in [-0.39, 0.29) is 24.0 Å². The third-order valence-electron chi connectivity index (χ3n) is 2.88. The molecule has 22 heavy (non-hydrogen) atoms. The molecule has 0 saturated carbocycles. The molecule has 6 heteroatoms. The van der Waals surface area contributed by atoms with Crippen LogP contribution in [0.3, 0.4) is 0 Å². The van der Waals surface area contributed by atoms with E-state index in [0.29, 0.717) is 6.04 Å². The Morgan fingerprint density at radius 1 is 1.27 bits per heavy atom. The quantitative estimate of drug-likeness (QED) is 0.398. The lowest BCUT2D eigenvalue weighted by atomic mass is 10.3. The van der Waals surface area contributed by atoms with Gasteiger partial charge in [0.05, 0.1) is 6.26 Å². The molecule has 4 nitrogen and oxygen atoms in total. The highest BCUT2D eigenvalue weighted by Crippen LogP contribution is 2.08. The lowest BCUT2D eigenvalue weighted by Gasteiger charge is -2.14. The van der Waals surface area contributed by atoms with Gasteiger partial charge in [0.25, 0.3) is 0 Å². The number of nitrogens with one attached hydrogen (secondary N) is 2. The highest BCUT2D eigenvalue weighted by Gasteiger charge is 2.02. The van der Waals surface area contributed by atoms with Crippen molar-refractivity contribution in [2.24, 2.45) is 4.99 Å². The van der Waals surface area contributed by atoms with Crippen LogP contribution < -0.4 is 10.6 Å². The van der Waals surface area contributed by atoms with Crippen LogP contribution in [0.2, 0.25) is 0 Å². The minimum atomic E-state index is 0. The normalized spacial score (nSPS) is 11.3. The van der Waals surface area contributed by atoms with Crippen molar-refractivity contribution in [3.05, 3.63) is 46.5 Å². The molecule has 0 aliphatic rings. The van der Waals surface area contributed by atoms with Gasteiger partial charge in [0.15, 0.2) is 5.96 Å². The van der Waals surface area contributed by atoms with Crippen molar-refractivity contribution in [2.75, 3.05) is 13.1 Å². The highest BCUT2D eigenvalue weighted by atomic mass is 127. The third-order valence-corrected chi connectivity index (χ3v) is 3.81. The van der Waals surface area contributed by atoms with Crippen LogP contribution in [-0.4, -0.2) is 25.1 Å². The molecule has 2 N–H and O–H groups in total. The molecular weight excluding hydrogens is 409 g/mol. The van der Waals surface area contributed by atoms with Crippen LogP contribution >= 0.6 is 35.3 Å². The first kappa shape index (κ1) is 19.0. The van der Waals surface area contributed by atoms with E-state index in [1.807, 2.05) is 12.1 Å². The van der Waals surface area contributed by atoms with E-state index in [9.17, 15) is 0 Å². The number of nitrogens with zero attached hydrogens (tertiary/aromatic N) is 1. The molecular formula is C16H24IN3OS. The van der Waals surface area contributed by atoms with Gasteiger partial charge in [0.2, 0.25) is 0 Å². The number of aliphatic imine (C=N–C) groups is 1. The predicted octanol–water partition coefficient (Wildman–Crippen LogP) is 3.69. The summed E-state index contributed by atoms with van der Waals surface area (Å²) in [6, 6.07) is 8.50. The average Bonchev–Trinajstić information content (AvgIpc) is 3.10. The van der Waals surface area contributed by atoms with Gasteiger partial charge in [-0.2, -0.15) is 0 Å². The number of rotatable bonds is 7. The van der Waals surface area contributed by atoms with Crippen molar-refractivity contribution in [1.29, 1.82) is 0 Å². The molecule has 0 aliphatic heterocycles. The first-order valence-electron chi connectivity index (χ1n) is 7.33. The summed E-state index contributed by atoms with van der Waals surface area (Å²) in [5.41, 5.74) is 0. The number of thiophene rings is 1. The maximum absolute atomic E-state index is 5.33. The molecule has 0 spiro atoms. The SMILES string of the molecule is CC(C)NC(=NCCc1cccs1)NCCc1ccco1.I. The smallest absolute Gasteiger partial charge is 0.191 e. The predicted molar refractivity (Wildman–Crippen MR) is 104 cm³/mol. The van der Waals surface area contributed by atoms with E-state index in [0.717, 1.165) is 37.7 Å². The molecule has 2 rings (SSSR count). The zero-order valence-electron chi connectivity index (χ0n) is 13.0. The van der Waals surface area contributed by atoms with Gasteiger partial charge in [0.1, 0.15) is 5.76 Å². The van der Waals surface area contributed by atoms with Crippen LogP contribution in [0, 0.1) is 0 Å². The van der Waals surface area contributed by atoms with E-state index >= 15 is 0 Å². The molecule has 2 aromatic heterocycles. The number of hydrogen-bond donors (Lipinski definition) is 2. The topological polar surface area (TPSA) is 49.6 Å². The Labute approximate surface area is 153 Å². The molecule has 2 heterocycles. The van der Waals surface area contributed by atoms with Gasteiger partial charge in [-0.1, -0.05) is 6.07 Å². The van der Waals surface area contributed by atoms with Crippen LogP contribution in [0.4, 0.5) is 0 Å². The Bertz CT molecular complexity index is 524. The minimum Gasteiger partial charge on any atom is -0.469 e. The first-order valence-corrected chi connectivity index (χ1v) is 8.21. The van der Waals surface area contributed by atoms with Crippen molar-refractivity contribution in [3.8, 4) is 0 Å². The third kappa shape index (κ3) is 7.31. The maximum Gasteiger partial charge on any atom is 0.191 e. The number of furan rings is 1. The summed E-state index contributed by atoms with van der Waals surface area (Å²) < 4.78 is 5.33. The molecule has 0 atom stereocenters. The highest BCUT2D eigenvalue weighted by molar-refractivity contribution is 14.0. The Morgan fingerprint density at radius 2 is 2.14 bits per heavy atom. The Kier molecular flexibility index (Phi) is 9.22. The molecule has 2 aromatic rings. The summed E-state index contributed by atoms with van der Waals surface area (Å²) >= 11 is 1.78. The van der Waals surface area contributed by atoms with E-state index in [4.69, 9.17) is 4.42 Å². The van der Waals surface area contributed by atoms with Crippen molar-refractivity contribution < 1.29 is 4.42 Å². The van der Waals surface area contributed by atoms with Gasteiger partial charge < -0.3 is 15.1 Å². The summed E-state index contributed by atoms with van der Waals surface area (Å²) in [6.45, 7) is 5.83. The van der Waals surface area contributed by atoms with Crippen LogP contribution in [0.5, 0.6) is 0 Å². The standard InChI is InChI=1S/C16H23N3OS.HI/c1-13(2)19-16(17-9-7-14-5-3-11-20-14)18-10-8-15-6-4-12-21-15;/h3-6,11-13H,7-10H2,1-2H3,(H2,17,18,19);1H. The van der Waals surface area contributed by atoms with Gasteiger partial charge in [-0.25, -0.2) is 0 Å². The van der Waals surface area contributed by atoms with E-state index in [2.05, 4.69) is 47.0 Å². The van der Waals surface area contributed by atoms with Crippen molar-refractivity contribution in [1.82, 2.24) is 10.6 Å². The Morgan fingerprint density at radius 3 is 2.77 bits per heavy atom. The van der Waals surface area contributed by atoms with Crippen molar-refractivity contribution >= 4 is 41.3 Å². The summed E-state index contributed by atoms with van der Waals surface area (Å²) in [4.78, 5) is 6.00. The fraction of sp³-hybridized carbons (Fsp3) is 0.438. The molecule has 0 fully saturated rings. The second-order valence-corrected chi connectivity index (χ2v) is 6.15. The second-order valence-electron chi connectivity index (χ2n) is 5.11. The summed E-state index contributed by atoms with van der Waals surface area (Å²) in [5, 5.41) is 8.81. The average molecular weight is 433 g/mol. The fourth-order valence-electron chi connectivity index (χ4n) is 1.92. The van der Waals surface area contributed by atoms with Crippen molar-refractivity contribution in [3.63, 3.8) is 0 Å². The maximum atomic E-state index is 5.33. The molecule has 0 aromatic carbocycles. The van der Waals surface area contributed by atoms with E-state index in [1.165, 1.54) is 4.88 Å². The van der Waals surface area contributed by atoms with Gasteiger partial charge >= 0.3 is 0 Å². The monoisotopic (exact) mass is 433 g/mol. The molecule has 0 saturated heterocycles. The van der Waals surface area contributed by atoms with Gasteiger partial charge in [-0.05, 0) is 37.4 Å². The van der Waals surface area contributed by atoms with Gasteiger partial charge in [-0.15, -0.1) is 35.3 Å². The second kappa shape index (κ2) is 10.7. The first-order chi connectivity index (χ1) is 10.2. The summed E-state index contributed by atoms with van der Waals surface area (Å²) in [6.07, 6.45) is 3.55. The van der Waals surface area contributed by atoms with Crippen LogP contribution in [-0.2, 0) is 12.8 Å². The zero-order chi connectivity index (χ0) is 14.9. The molecule has 0 radical (unpaired) electrons. The Balaban J connectivity index is 0.00000242. The molecule has 0 amide bonds. The van der Waals surface area contributed by atoms with E-state index < -0.39 is 0 Å².